The van der Waals surface area contributed by atoms with Gasteiger partial charge in [-0.3, -0.25) is 0 Å². The highest BCUT2D eigenvalue weighted by Crippen LogP contribution is 2.28. The average molecular weight is 227 g/mol. The first-order valence-corrected chi connectivity index (χ1v) is 6.72. The second-order valence-corrected chi connectivity index (χ2v) is 5.46. The van der Waals surface area contributed by atoms with Gasteiger partial charge in [-0.15, -0.1) is 18.2 Å². The summed E-state index contributed by atoms with van der Waals surface area (Å²) >= 11 is 1.82. The first kappa shape index (κ1) is 12.9. The van der Waals surface area contributed by atoms with Crippen LogP contribution >= 0.6 is 11.8 Å². The molecule has 2 nitrogen and oxygen atoms in total. The van der Waals surface area contributed by atoms with Gasteiger partial charge in [-0.05, 0) is 18.3 Å². The van der Waals surface area contributed by atoms with Crippen LogP contribution in [0, 0.1) is 17.8 Å². The molecule has 1 aliphatic heterocycles. The van der Waals surface area contributed by atoms with Crippen LogP contribution < -0.4 is 5.32 Å². The zero-order chi connectivity index (χ0) is 11.0. The molecule has 0 spiro atoms. The molecule has 1 saturated heterocycles. The third-order valence-corrected chi connectivity index (χ3v) is 3.72. The predicted octanol–water partition coefficient (Wildman–Crippen LogP) is 1.76. The first-order chi connectivity index (χ1) is 7.27. The summed E-state index contributed by atoms with van der Waals surface area (Å²) in [7, 11) is 0. The molecule has 1 heterocycles. The summed E-state index contributed by atoms with van der Waals surface area (Å²) in [5.41, 5.74) is 0.440. The van der Waals surface area contributed by atoms with E-state index in [0.717, 1.165) is 37.8 Å². The summed E-state index contributed by atoms with van der Waals surface area (Å²) in [4.78, 5) is 0. The highest BCUT2D eigenvalue weighted by atomic mass is 32.2. The molecule has 15 heavy (non-hydrogen) atoms. The van der Waals surface area contributed by atoms with Crippen molar-refractivity contribution in [3.05, 3.63) is 0 Å². The smallest absolute Gasteiger partial charge is 0.0545 e. The Hall–Kier alpha value is -0.170. The second kappa shape index (κ2) is 7.16. The van der Waals surface area contributed by atoms with E-state index in [2.05, 4.69) is 18.2 Å². The number of thioether (sulfide) groups is 1. The third-order valence-electron chi connectivity index (χ3n) is 2.86. The van der Waals surface area contributed by atoms with Crippen LogP contribution in [0.15, 0.2) is 0 Å². The molecule has 1 N–H and O–H groups in total. The minimum atomic E-state index is 0.440. The van der Waals surface area contributed by atoms with Gasteiger partial charge in [0.25, 0.3) is 0 Å². The SMILES string of the molecule is C#CCSCCNCC1(C)CCOCC1. The van der Waals surface area contributed by atoms with Gasteiger partial charge in [-0.1, -0.05) is 12.8 Å². The molecule has 3 heteroatoms. The van der Waals surface area contributed by atoms with Crippen LogP contribution in [0.3, 0.4) is 0 Å². The quantitative estimate of drug-likeness (QED) is 0.552. The predicted molar refractivity (Wildman–Crippen MR) is 67.2 cm³/mol. The fourth-order valence-corrected chi connectivity index (χ4v) is 2.26. The molecule has 1 aliphatic rings. The first-order valence-electron chi connectivity index (χ1n) is 5.56. The number of hydrogen-bond donors (Lipinski definition) is 1. The monoisotopic (exact) mass is 227 g/mol. The summed E-state index contributed by atoms with van der Waals surface area (Å²) in [6.45, 7) is 6.35. The van der Waals surface area contributed by atoms with E-state index in [4.69, 9.17) is 11.2 Å². The zero-order valence-corrected chi connectivity index (χ0v) is 10.4. The molecule has 1 rings (SSSR count). The van der Waals surface area contributed by atoms with E-state index < -0.39 is 0 Å². The number of rotatable bonds is 6. The maximum Gasteiger partial charge on any atom is 0.0545 e. The lowest BCUT2D eigenvalue weighted by Crippen LogP contribution is -2.37. The van der Waals surface area contributed by atoms with E-state index in [1.54, 1.807) is 0 Å². The van der Waals surface area contributed by atoms with Crippen molar-refractivity contribution >= 4 is 11.8 Å². The summed E-state index contributed by atoms with van der Waals surface area (Å²) in [5, 5.41) is 3.51. The molecule has 1 fully saturated rings. The molecule has 0 aliphatic carbocycles. The zero-order valence-electron chi connectivity index (χ0n) is 9.55. The fraction of sp³-hybridized carbons (Fsp3) is 0.833. The van der Waals surface area contributed by atoms with Gasteiger partial charge in [0.15, 0.2) is 0 Å². The molecule has 0 bridgehead atoms. The minimum absolute atomic E-state index is 0.440. The molecule has 0 unspecified atom stereocenters. The molecule has 0 radical (unpaired) electrons. The molecule has 0 atom stereocenters. The van der Waals surface area contributed by atoms with Gasteiger partial charge >= 0.3 is 0 Å². The molecule has 0 aromatic heterocycles. The summed E-state index contributed by atoms with van der Waals surface area (Å²) in [6.07, 6.45) is 7.53. The van der Waals surface area contributed by atoms with Crippen LogP contribution in [0.1, 0.15) is 19.8 Å². The molecule has 86 valence electrons. The Morgan fingerprint density at radius 2 is 2.20 bits per heavy atom. The van der Waals surface area contributed by atoms with Crippen molar-refractivity contribution in [3.63, 3.8) is 0 Å². The van der Waals surface area contributed by atoms with Crippen molar-refractivity contribution in [2.45, 2.75) is 19.8 Å². The molecular formula is C12H21NOS. The van der Waals surface area contributed by atoms with E-state index in [9.17, 15) is 0 Å². The van der Waals surface area contributed by atoms with Crippen molar-refractivity contribution in [1.82, 2.24) is 5.32 Å². The van der Waals surface area contributed by atoms with Crippen molar-refractivity contribution in [3.8, 4) is 12.3 Å². The highest BCUT2D eigenvalue weighted by molar-refractivity contribution is 7.99. The Morgan fingerprint density at radius 3 is 2.87 bits per heavy atom. The van der Waals surface area contributed by atoms with E-state index in [1.807, 2.05) is 11.8 Å². The standard InChI is InChI=1S/C12H21NOS/c1-3-9-15-10-6-13-11-12(2)4-7-14-8-5-12/h1,13H,4-11H2,2H3. The van der Waals surface area contributed by atoms with Gasteiger partial charge in [0.1, 0.15) is 0 Å². The van der Waals surface area contributed by atoms with Crippen LogP contribution in [0.25, 0.3) is 0 Å². The van der Waals surface area contributed by atoms with Gasteiger partial charge < -0.3 is 10.1 Å². The Morgan fingerprint density at radius 1 is 1.47 bits per heavy atom. The Balaban J connectivity index is 2.01. The van der Waals surface area contributed by atoms with Crippen molar-refractivity contribution in [2.24, 2.45) is 5.41 Å². The summed E-state index contributed by atoms with van der Waals surface area (Å²) < 4.78 is 5.37. The van der Waals surface area contributed by atoms with Crippen LogP contribution in [0.2, 0.25) is 0 Å². The number of ether oxygens (including phenoxy) is 1. The van der Waals surface area contributed by atoms with Crippen LogP contribution in [0.4, 0.5) is 0 Å². The minimum Gasteiger partial charge on any atom is -0.381 e. The molecule has 0 aromatic rings. The molecule has 0 saturated carbocycles. The maximum atomic E-state index is 5.37. The van der Waals surface area contributed by atoms with E-state index in [0.29, 0.717) is 5.41 Å². The molecule has 0 amide bonds. The second-order valence-electron chi connectivity index (χ2n) is 4.36. The van der Waals surface area contributed by atoms with Crippen LogP contribution in [0.5, 0.6) is 0 Å². The van der Waals surface area contributed by atoms with E-state index in [1.165, 1.54) is 12.8 Å². The van der Waals surface area contributed by atoms with Gasteiger partial charge in [-0.25, -0.2) is 0 Å². The Kier molecular flexibility index (Phi) is 6.16. The van der Waals surface area contributed by atoms with Crippen LogP contribution in [-0.4, -0.2) is 37.8 Å². The highest BCUT2D eigenvalue weighted by Gasteiger charge is 2.26. The number of hydrogen-bond acceptors (Lipinski definition) is 3. The van der Waals surface area contributed by atoms with Crippen LogP contribution in [-0.2, 0) is 4.74 Å². The van der Waals surface area contributed by atoms with Gasteiger partial charge in [-0.2, -0.15) is 0 Å². The van der Waals surface area contributed by atoms with Crippen molar-refractivity contribution in [1.29, 1.82) is 0 Å². The number of terminal acetylenes is 1. The molecule has 0 aromatic carbocycles. The van der Waals surface area contributed by atoms with Gasteiger partial charge in [0, 0.05) is 32.1 Å². The lowest BCUT2D eigenvalue weighted by atomic mass is 9.82. The molecular weight excluding hydrogens is 206 g/mol. The average Bonchev–Trinajstić information content (AvgIpc) is 2.24. The topological polar surface area (TPSA) is 21.3 Å². The normalized spacial score (nSPS) is 19.7. The van der Waals surface area contributed by atoms with Gasteiger partial charge in [0.2, 0.25) is 0 Å². The Bertz CT molecular complexity index is 206. The summed E-state index contributed by atoms with van der Waals surface area (Å²) in [6, 6.07) is 0. The third kappa shape index (κ3) is 5.46. The van der Waals surface area contributed by atoms with E-state index >= 15 is 0 Å². The van der Waals surface area contributed by atoms with Crippen molar-refractivity contribution < 1.29 is 4.74 Å². The number of nitrogens with one attached hydrogen (secondary N) is 1. The van der Waals surface area contributed by atoms with Crippen molar-refractivity contribution in [2.75, 3.05) is 37.8 Å². The lowest BCUT2D eigenvalue weighted by molar-refractivity contribution is 0.0244. The van der Waals surface area contributed by atoms with E-state index in [-0.39, 0.29) is 0 Å². The van der Waals surface area contributed by atoms with Gasteiger partial charge in [0.05, 0.1) is 5.75 Å². The fourth-order valence-electron chi connectivity index (χ4n) is 1.71. The summed E-state index contributed by atoms with van der Waals surface area (Å²) in [5.74, 6) is 4.57. The maximum absolute atomic E-state index is 5.37. The Labute approximate surface area is 97.5 Å². The lowest BCUT2D eigenvalue weighted by Gasteiger charge is -2.33. The largest absolute Gasteiger partial charge is 0.381 e.